The molecule has 1 fully saturated rings. The van der Waals surface area contributed by atoms with Crippen LogP contribution in [0.1, 0.15) is 36.0 Å². The van der Waals surface area contributed by atoms with E-state index >= 15 is 0 Å². The van der Waals surface area contributed by atoms with Crippen LogP contribution in [0.4, 0.5) is 10.2 Å². The first kappa shape index (κ1) is 14.0. The number of rotatable bonds is 3. The van der Waals surface area contributed by atoms with E-state index in [0.717, 1.165) is 31.7 Å². The van der Waals surface area contributed by atoms with E-state index < -0.39 is 11.7 Å². The molecule has 1 aliphatic carbocycles. The maximum Gasteiger partial charge on any atom is 0.251 e. The largest absolute Gasteiger partial charge is 0.366 e. The van der Waals surface area contributed by atoms with Gasteiger partial charge in [0.2, 0.25) is 0 Å². The smallest absolute Gasteiger partial charge is 0.251 e. The van der Waals surface area contributed by atoms with Gasteiger partial charge < -0.3 is 16.8 Å². The Bertz CT molecular complexity index is 489. The fourth-order valence-corrected chi connectivity index (χ4v) is 2.43. The minimum Gasteiger partial charge on any atom is -0.366 e. The third-order valence-corrected chi connectivity index (χ3v) is 3.60. The van der Waals surface area contributed by atoms with Crippen molar-refractivity contribution in [2.75, 3.05) is 5.32 Å². The van der Waals surface area contributed by atoms with Crippen LogP contribution >= 0.6 is 11.6 Å². The van der Waals surface area contributed by atoms with E-state index in [9.17, 15) is 9.18 Å². The lowest BCUT2D eigenvalue weighted by Gasteiger charge is -2.27. The second kappa shape index (κ2) is 5.71. The molecule has 19 heavy (non-hydrogen) atoms. The predicted molar refractivity (Wildman–Crippen MR) is 71.6 cm³/mol. The molecule has 0 spiro atoms. The molecule has 0 bridgehead atoms. The Morgan fingerprint density at radius 3 is 2.63 bits per heavy atom. The van der Waals surface area contributed by atoms with Crippen molar-refractivity contribution in [1.82, 2.24) is 4.98 Å². The minimum atomic E-state index is -0.799. The van der Waals surface area contributed by atoms with Gasteiger partial charge in [-0.2, -0.15) is 0 Å². The molecule has 1 amide bonds. The molecule has 1 aromatic heterocycles. The van der Waals surface area contributed by atoms with Crippen molar-refractivity contribution >= 4 is 23.3 Å². The molecule has 0 saturated heterocycles. The number of carbonyl (C=O) groups excluding carboxylic acids is 1. The molecule has 1 aromatic rings. The summed E-state index contributed by atoms with van der Waals surface area (Å²) in [6, 6.07) is 1.35. The Kier molecular flexibility index (Phi) is 4.21. The molecule has 104 valence electrons. The number of nitrogens with two attached hydrogens (primary N) is 2. The number of amides is 1. The van der Waals surface area contributed by atoms with Gasteiger partial charge in [0.25, 0.3) is 5.91 Å². The minimum absolute atomic E-state index is 0.0514. The van der Waals surface area contributed by atoms with Crippen LogP contribution in [0.3, 0.4) is 0 Å². The van der Waals surface area contributed by atoms with Gasteiger partial charge in [0.05, 0.1) is 5.56 Å². The Morgan fingerprint density at radius 2 is 2.05 bits per heavy atom. The number of primary amides is 1. The molecule has 0 aliphatic heterocycles. The number of aromatic nitrogens is 1. The maximum absolute atomic E-state index is 13.8. The highest BCUT2D eigenvalue weighted by Gasteiger charge is 2.21. The van der Waals surface area contributed by atoms with Crippen LogP contribution < -0.4 is 16.8 Å². The topological polar surface area (TPSA) is 94.0 Å². The molecule has 0 aromatic carbocycles. The van der Waals surface area contributed by atoms with Crippen molar-refractivity contribution in [2.45, 2.75) is 37.8 Å². The summed E-state index contributed by atoms with van der Waals surface area (Å²) in [6.45, 7) is 0. The summed E-state index contributed by atoms with van der Waals surface area (Å²) in [5.74, 6) is -1.38. The third kappa shape index (κ3) is 3.33. The monoisotopic (exact) mass is 286 g/mol. The van der Waals surface area contributed by atoms with E-state index in [4.69, 9.17) is 23.1 Å². The molecule has 2 rings (SSSR count). The van der Waals surface area contributed by atoms with Gasteiger partial charge in [0.15, 0.2) is 11.6 Å². The molecule has 7 heteroatoms. The number of carbonyl (C=O) groups is 1. The summed E-state index contributed by atoms with van der Waals surface area (Å²) >= 11 is 5.80. The quantitative estimate of drug-likeness (QED) is 0.737. The number of anilines is 1. The zero-order valence-electron chi connectivity index (χ0n) is 10.3. The molecule has 5 nitrogen and oxygen atoms in total. The number of halogens is 2. The van der Waals surface area contributed by atoms with Crippen molar-refractivity contribution in [3.05, 3.63) is 22.6 Å². The summed E-state index contributed by atoms with van der Waals surface area (Å²) in [4.78, 5) is 14.9. The molecule has 1 aliphatic rings. The molecule has 0 unspecified atom stereocenters. The normalized spacial score (nSPS) is 23.1. The molecule has 1 saturated carbocycles. The zero-order valence-corrected chi connectivity index (χ0v) is 11.1. The highest BCUT2D eigenvalue weighted by Crippen LogP contribution is 2.24. The Hall–Kier alpha value is -1.40. The molecular weight excluding hydrogens is 271 g/mol. The van der Waals surface area contributed by atoms with Crippen molar-refractivity contribution < 1.29 is 9.18 Å². The van der Waals surface area contributed by atoms with Gasteiger partial charge in [-0.05, 0) is 31.7 Å². The Balaban J connectivity index is 2.13. The van der Waals surface area contributed by atoms with Crippen molar-refractivity contribution in [3.8, 4) is 0 Å². The van der Waals surface area contributed by atoms with E-state index in [1.807, 2.05) is 0 Å². The van der Waals surface area contributed by atoms with Crippen LogP contribution in [0.25, 0.3) is 0 Å². The van der Waals surface area contributed by atoms with Crippen LogP contribution in [0.5, 0.6) is 0 Å². The van der Waals surface area contributed by atoms with Crippen LogP contribution in [0, 0.1) is 5.82 Å². The second-order valence-electron chi connectivity index (χ2n) is 4.78. The number of hydrogen-bond donors (Lipinski definition) is 3. The van der Waals surface area contributed by atoms with Gasteiger partial charge in [-0.15, -0.1) is 0 Å². The second-order valence-corrected chi connectivity index (χ2v) is 5.14. The highest BCUT2D eigenvalue weighted by atomic mass is 35.5. The first-order valence-corrected chi connectivity index (χ1v) is 6.53. The summed E-state index contributed by atoms with van der Waals surface area (Å²) < 4.78 is 13.8. The van der Waals surface area contributed by atoms with Crippen molar-refractivity contribution in [3.63, 3.8) is 0 Å². The predicted octanol–water partition coefficient (Wildman–Crippen LogP) is 1.65. The van der Waals surface area contributed by atoms with Gasteiger partial charge in [-0.1, -0.05) is 11.6 Å². The maximum atomic E-state index is 13.8. The summed E-state index contributed by atoms with van der Waals surface area (Å²) in [5, 5.41) is 2.90. The molecular formula is C12H16ClFN4O. The zero-order chi connectivity index (χ0) is 14.0. The molecule has 1 heterocycles. The fraction of sp³-hybridized carbons (Fsp3) is 0.500. The van der Waals surface area contributed by atoms with Gasteiger partial charge in [-0.25, -0.2) is 9.37 Å². The Labute approximate surface area is 115 Å². The van der Waals surface area contributed by atoms with Gasteiger partial charge in [-0.3, -0.25) is 4.79 Å². The molecule has 0 atom stereocenters. The molecule has 5 N–H and O–H groups in total. The van der Waals surface area contributed by atoms with E-state index in [1.54, 1.807) is 0 Å². The first-order valence-electron chi connectivity index (χ1n) is 6.15. The molecule has 0 radical (unpaired) electrons. The van der Waals surface area contributed by atoms with E-state index in [-0.39, 0.29) is 28.6 Å². The number of pyridine rings is 1. The fourth-order valence-electron chi connectivity index (χ4n) is 2.20. The summed E-state index contributed by atoms with van der Waals surface area (Å²) in [5.41, 5.74) is 10.8. The van der Waals surface area contributed by atoms with Gasteiger partial charge in [0, 0.05) is 12.1 Å². The average molecular weight is 287 g/mol. The van der Waals surface area contributed by atoms with Crippen LogP contribution in [0.15, 0.2) is 6.07 Å². The van der Waals surface area contributed by atoms with Crippen LogP contribution in [0.2, 0.25) is 5.15 Å². The Morgan fingerprint density at radius 1 is 1.42 bits per heavy atom. The lowest BCUT2D eigenvalue weighted by molar-refractivity contribution is 0.0999. The van der Waals surface area contributed by atoms with E-state index in [1.165, 1.54) is 0 Å². The van der Waals surface area contributed by atoms with Crippen LogP contribution in [-0.4, -0.2) is 23.0 Å². The van der Waals surface area contributed by atoms with E-state index in [2.05, 4.69) is 10.3 Å². The summed E-state index contributed by atoms with van der Waals surface area (Å²) in [7, 11) is 0. The SMILES string of the molecule is NC(=O)c1cc(F)c(N[C@H]2CC[C@H](N)CC2)nc1Cl. The number of nitrogens with one attached hydrogen (secondary N) is 1. The van der Waals surface area contributed by atoms with Crippen LogP contribution in [-0.2, 0) is 0 Å². The first-order chi connectivity index (χ1) is 8.97. The standard InChI is InChI=1S/C12H16ClFN4O/c13-10-8(11(16)19)5-9(14)12(18-10)17-7-3-1-6(15)2-4-7/h5-7H,1-4,15H2,(H2,16,19)(H,17,18)/t6-,7-. The highest BCUT2D eigenvalue weighted by molar-refractivity contribution is 6.32. The lowest BCUT2D eigenvalue weighted by Crippen LogP contribution is -2.33. The van der Waals surface area contributed by atoms with E-state index in [0.29, 0.717) is 0 Å². The third-order valence-electron chi connectivity index (χ3n) is 3.31. The number of hydrogen-bond acceptors (Lipinski definition) is 4. The summed E-state index contributed by atoms with van der Waals surface area (Å²) in [6.07, 6.45) is 3.51. The van der Waals surface area contributed by atoms with Gasteiger partial charge in [0.1, 0.15) is 5.15 Å². The van der Waals surface area contributed by atoms with Crippen molar-refractivity contribution in [2.24, 2.45) is 11.5 Å². The van der Waals surface area contributed by atoms with Crippen molar-refractivity contribution in [1.29, 1.82) is 0 Å². The van der Waals surface area contributed by atoms with Gasteiger partial charge >= 0.3 is 0 Å². The number of nitrogens with zero attached hydrogens (tertiary/aromatic N) is 1. The lowest BCUT2D eigenvalue weighted by atomic mass is 9.92. The average Bonchev–Trinajstić information content (AvgIpc) is 2.35.